The number of anilines is 1. The smallest absolute Gasteiger partial charge is 0.223 e. The molecule has 1 unspecified atom stereocenters. The van der Waals surface area contributed by atoms with Gasteiger partial charge in [0.1, 0.15) is 11.4 Å². The Labute approximate surface area is 189 Å². The fourth-order valence-corrected chi connectivity index (χ4v) is 5.33. The predicted octanol–water partition coefficient (Wildman–Crippen LogP) is 4.68. The van der Waals surface area contributed by atoms with E-state index in [1.54, 1.807) is 30.4 Å². The molecular weight excluding hydrogens is 428 g/mol. The molecule has 1 saturated heterocycles. The lowest BCUT2D eigenvalue weighted by Gasteiger charge is -2.31. The molecule has 0 bridgehead atoms. The summed E-state index contributed by atoms with van der Waals surface area (Å²) in [5, 5.41) is 5.58. The number of nitrogens with zero attached hydrogens (tertiary/aromatic N) is 5. The molecule has 1 aromatic carbocycles. The SMILES string of the molecule is COc1cccc(-c2nc3sccn3c2-c2ccnc(NC3CCCN(SC)C3)n2)c1. The first kappa shape index (κ1) is 20.3. The summed E-state index contributed by atoms with van der Waals surface area (Å²) in [6, 6.07) is 10.3. The molecule has 3 aromatic heterocycles. The number of ether oxygens (including phenoxy) is 1. The summed E-state index contributed by atoms with van der Waals surface area (Å²) in [5.74, 6) is 1.47. The number of piperidine rings is 1. The van der Waals surface area contributed by atoms with Crippen LogP contribution in [-0.2, 0) is 0 Å². The molecule has 5 rings (SSSR count). The van der Waals surface area contributed by atoms with Crippen LogP contribution >= 0.6 is 23.3 Å². The predicted molar refractivity (Wildman–Crippen MR) is 128 cm³/mol. The van der Waals surface area contributed by atoms with Crippen LogP contribution in [0.4, 0.5) is 5.95 Å². The highest BCUT2D eigenvalue weighted by molar-refractivity contribution is 7.96. The number of rotatable bonds is 6. The van der Waals surface area contributed by atoms with Crippen molar-refractivity contribution in [3.8, 4) is 28.4 Å². The minimum Gasteiger partial charge on any atom is -0.497 e. The van der Waals surface area contributed by atoms with Gasteiger partial charge in [-0.15, -0.1) is 11.3 Å². The molecule has 1 fully saturated rings. The minimum atomic E-state index is 0.348. The maximum absolute atomic E-state index is 5.43. The van der Waals surface area contributed by atoms with Crippen molar-refractivity contribution < 1.29 is 4.74 Å². The molecule has 4 aromatic rings. The van der Waals surface area contributed by atoms with Gasteiger partial charge in [0.15, 0.2) is 4.96 Å². The lowest BCUT2D eigenvalue weighted by atomic mass is 10.1. The van der Waals surface area contributed by atoms with Gasteiger partial charge in [0.05, 0.1) is 18.5 Å². The van der Waals surface area contributed by atoms with Gasteiger partial charge in [-0.25, -0.2) is 19.3 Å². The maximum Gasteiger partial charge on any atom is 0.223 e. The van der Waals surface area contributed by atoms with Gasteiger partial charge in [-0.2, -0.15) is 0 Å². The zero-order valence-electron chi connectivity index (χ0n) is 17.5. The summed E-state index contributed by atoms with van der Waals surface area (Å²) in [7, 11) is 1.68. The van der Waals surface area contributed by atoms with Crippen LogP contribution in [0.2, 0.25) is 0 Å². The van der Waals surface area contributed by atoms with Crippen molar-refractivity contribution in [3.05, 3.63) is 48.1 Å². The number of benzene rings is 1. The summed E-state index contributed by atoms with van der Waals surface area (Å²) in [5.41, 5.74) is 3.70. The Balaban J connectivity index is 1.52. The first-order chi connectivity index (χ1) is 15.2. The largest absolute Gasteiger partial charge is 0.497 e. The molecule has 1 aliphatic heterocycles. The zero-order valence-corrected chi connectivity index (χ0v) is 19.1. The third-order valence-corrected chi connectivity index (χ3v) is 7.08. The standard InChI is InChI=1S/C22H24N6OS2/c1-29-17-7-3-5-15(13-17)19-20(28-11-12-31-22(28)26-19)18-8-9-23-21(25-18)24-16-6-4-10-27(14-16)30-2/h3,5,7-9,11-13,16H,4,6,10,14H2,1-2H3,(H,23,24,25). The van der Waals surface area contributed by atoms with Crippen LogP contribution in [0.3, 0.4) is 0 Å². The number of hydrogen-bond donors (Lipinski definition) is 1. The zero-order chi connectivity index (χ0) is 21.2. The van der Waals surface area contributed by atoms with Gasteiger partial charge in [-0.3, -0.25) is 4.40 Å². The van der Waals surface area contributed by atoms with Crippen molar-refractivity contribution in [2.24, 2.45) is 0 Å². The normalized spacial score (nSPS) is 17.2. The Morgan fingerprint density at radius 1 is 1.26 bits per heavy atom. The Morgan fingerprint density at radius 3 is 3.06 bits per heavy atom. The maximum atomic E-state index is 5.43. The Bertz CT molecular complexity index is 1190. The monoisotopic (exact) mass is 452 g/mol. The van der Waals surface area contributed by atoms with E-state index >= 15 is 0 Å². The summed E-state index contributed by atoms with van der Waals surface area (Å²) in [6.45, 7) is 2.13. The third-order valence-electron chi connectivity index (χ3n) is 5.48. The van der Waals surface area contributed by atoms with Gasteiger partial charge in [0.25, 0.3) is 0 Å². The number of methoxy groups -OCH3 is 1. The first-order valence-electron chi connectivity index (χ1n) is 10.2. The molecule has 1 aliphatic rings. The molecule has 0 spiro atoms. The lowest BCUT2D eigenvalue weighted by Crippen LogP contribution is -2.38. The van der Waals surface area contributed by atoms with Crippen molar-refractivity contribution >= 4 is 34.2 Å². The van der Waals surface area contributed by atoms with E-state index in [1.807, 2.05) is 42.0 Å². The Morgan fingerprint density at radius 2 is 2.19 bits per heavy atom. The summed E-state index contributed by atoms with van der Waals surface area (Å²) in [6.07, 6.45) is 8.29. The minimum absolute atomic E-state index is 0.348. The average molecular weight is 453 g/mol. The number of fused-ring (bicyclic) bond motifs is 1. The van der Waals surface area contributed by atoms with Gasteiger partial charge in [0, 0.05) is 42.5 Å². The Hall–Kier alpha value is -2.62. The molecular formula is C22H24N6OS2. The second-order valence-electron chi connectivity index (χ2n) is 7.42. The lowest BCUT2D eigenvalue weighted by molar-refractivity contribution is 0.356. The summed E-state index contributed by atoms with van der Waals surface area (Å²) < 4.78 is 9.91. The summed E-state index contributed by atoms with van der Waals surface area (Å²) >= 11 is 3.41. The molecule has 4 heterocycles. The molecule has 160 valence electrons. The van der Waals surface area contributed by atoms with Crippen LogP contribution in [0.1, 0.15) is 12.8 Å². The third kappa shape index (κ3) is 4.13. The number of imidazole rings is 1. The van der Waals surface area contributed by atoms with Crippen molar-refractivity contribution in [1.82, 2.24) is 23.7 Å². The van der Waals surface area contributed by atoms with Crippen LogP contribution in [0.25, 0.3) is 27.6 Å². The van der Waals surface area contributed by atoms with Crippen molar-refractivity contribution in [2.45, 2.75) is 18.9 Å². The molecule has 9 heteroatoms. The van der Waals surface area contributed by atoms with Gasteiger partial charge in [-0.05, 0) is 37.3 Å². The van der Waals surface area contributed by atoms with E-state index < -0.39 is 0 Å². The number of nitrogens with one attached hydrogen (secondary N) is 1. The van der Waals surface area contributed by atoms with Crippen LogP contribution in [0.15, 0.2) is 48.1 Å². The average Bonchev–Trinajstić information content (AvgIpc) is 3.41. The van der Waals surface area contributed by atoms with Crippen LogP contribution in [-0.4, -0.2) is 56.2 Å². The number of thiazole rings is 1. The van der Waals surface area contributed by atoms with Crippen LogP contribution < -0.4 is 10.1 Å². The van der Waals surface area contributed by atoms with Gasteiger partial charge in [0.2, 0.25) is 5.95 Å². The van der Waals surface area contributed by atoms with E-state index in [2.05, 4.69) is 31.3 Å². The van der Waals surface area contributed by atoms with Crippen molar-refractivity contribution in [1.29, 1.82) is 0 Å². The van der Waals surface area contributed by atoms with E-state index in [0.717, 1.165) is 52.9 Å². The fourth-order valence-electron chi connectivity index (χ4n) is 3.97. The molecule has 1 atom stereocenters. The summed E-state index contributed by atoms with van der Waals surface area (Å²) in [4.78, 5) is 15.2. The molecule has 7 nitrogen and oxygen atoms in total. The van der Waals surface area contributed by atoms with E-state index in [0.29, 0.717) is 12.0 Å². The van der Waals surface area contributed by atoms with Gasteiger partial charge in [-0.1, -0.05) is 24.1 Å². The quantitative estimate of drug-likeness (QED) is 0.426. The van der Waals surface area contributed by atoms with Gasteiger partial charge < -0.3 is 10.1 Å². The molecule has 0 saturated carbocycles. The topological polar surface area (TPSA) is 67.6 Å². The number of hydrogen-bond acceptors (Lipinski definition) is 8. The molecule has 1 N–H and O–H groups in total. The number of aromatic nitrogens is 4. The van der Waals surface area contributed by atoms with E-state index in [-0.39, 0.29) is 0 Å². The van der Waals surface area contributed by atoms with E-state index in [9.17, 15) is 0 Å². The van der Waals surface area contributed by atoms with Crippen LogP contribution in [0, 0.1) is 0 Å². The molecule has 0 amide bonds. The molecule has 0 aliphatic carbocycles. The first-order valence-corrected chi connectivity index (χ1v) is 12.3. The molecule has 31 heavy (non-hydrogen) atoms. The molecule has 0 radical (unpaired) electrons. The van der Waals surface area contributed by atoms with Crippen molar-refractivity contribution in [2.75, 3.05) is 31.8 Å². The van der Waals surface area contributed by atoms with E-state index in [1.165, 1.54) is 6.42 Å². The van der Waals surface area contributed by atoms with Crippen LogP contribution in [0.5, 0.6) is 5.75 Å². The second kappa shape index (κ2) is 8.86. The highest BCUT2D eigenvalue weighted by atomic mass is 32.2. The fraction of sp³-hybridized carbons (Fsp3) is 0.318. The Kier molecular flexibility index (Phi) is 5.80. The van der Waals surface area contributed by atoms with Crippen molar-refractivity contribution in [3.63, 3.8) is 0 Å². The van der Waals surface area contributed by atoms with Gasteiger partial charge >= 0.3 is 0 Å². The van der Waals surface area contributed by atoms with E-state index in [4.69, 9.17) is 14.7 Å². The highest BCUT2D eigenvalue weighted by Crippen LogP contribution is 2.35. The second-order valence-corrected chi connectivity index (χ2v) is 9.17. The highest BCUT2D eigenvalue weighted by Gasteiger charge is 2.22.